The van der Waals surface area contributed by atoms with Crippen LogP contribution in [0.25, 0.3) is 0 Å². The first-order valence-corrected chi connectivity index (χ1v) is 7.28. The van der Waals surface area contributed by atoms with Gasteiger partial charge in [0.05, 0.1) is 0 Å². The lowest BCUT2D eigenvalue weighted by atomic mass is 10.3. The highest BCUT2D eigenvalue weighted by molar-refractivity contribution is 9.11. The van der Waals surface area contributed by atoms with E-state index in [9.17, 15) is 4.55 Å². The highest BCUT2D eigenvalue weighted by atomic mass is 79.9. The summed E-state index contributed by atoms with van der Waals surface area (Å²) in [5.74, 6) is 0. The zero-order valence-electron chi connectivity index (χ0n) is 9.20. The Morgan fingerprint density at radius 2 is 2.00 bits per heavy atom. The molecule has 1 aromatic rings. The second kappa shape index (κ2) is 5.62. The minimum Gasteiger partial charge on any atom is -0.591 e. The van der Waals surface area contributed by atoms with Crippen molar-refractivity contribution in [3.05, 3.63) is 26.9 Å². The van der Waals surface area contributed by atoms with Gasteiger partial charge in [-0.25, -0.2) is 4.98 Å². The summed E-state index contributed by atoms with van der Waals surface area (Å²) < 4.78 is 16.9. The van der Waals surface area contributed by atoms with E-state index in [2.05, 4.69) is 41.2 Å². The molecule has 0 fully saturated rings. The molecule has 0 bridgehead atoms. The Morgan fingerprint density at radius 1 is 1.38 bits per heavy atom. The normalized spacial score (nSPS) is 14.4. The molecule has 88 valence electrons. The molecule has 6 heteroatoms. The Bertz CT molecular complexity index is 404. The Kier molecular flexibility index (Phi) is 4.97. The highest BCUT2D eigenvalue weighted by Gasteiger charge is 2.25. The Balaban J connectivity index is 2.88. The Labute approximate surface area is 115 Å². The fraction of sp³-hybridized carbons (Fsp3) is 0.400. The molecule has 16 heavy (non-hydrogen) atoms. The molecule has 3 nitrogen and oxygen atoms in total. The molecule has 1 rings (SSSR count). The minimum atomic E-state index is -1.26. The van der Waals surface area contributed by atoms with Crippen molar-refractivity contribution in [1.29, 1.82) is 0 Å². The van der Waals surface area contributed by atoms with Crippen LogP contribution in [-0.4, -0.2) is 20.5 Å². The van der Waals surface area contributed by atoms with Gasteiger partial charge >= 0.3 is 0 Å². The number of rotatable bonds is 2. The van der Waals surface area contributed by atoms with Crippen molar-refractivity contribution in [3.8, 4) is 0 Å². The topological polar surface area (TPSA) is 48.3 Å². The summed E-state index contributed by atoms with van der Waals surface area (Å²) >= 11 is 5.37. The molecular weight excluding hydrogens is 356 g/mol. The van der Waals surface area contributed by atoms with Gasteiger partial charge in [0.15, 0.2) is 0 Å². The summed E-state index contributed by atoms with van der Waals surface area (Å²) in [7, 11) is 0. The van der Waals surface area contributed by atoms with Crippen LogP contribution in [0, 0.1) is 0 Å². The molecule has 0 aliphatic carbocycles. The van der Waals surface area contributed by atoms with Gasteiger partial charge in [-0.3, -0.25) is 0 Å². The van der Waals surface area contributed by atoms with Crippen molar-refractivity contribution in [2.45, 2.75) is 25.5 Å². The lowest BCUT2D eigenvalue weighted by Gasteiger charge is -2.17. The fourth-order valence-corrected chi connectivity index (χ4v) is 1.94. The first kappa shape index (κ1) is 14.2. The molecule has 0 aliphatic rings. The van der Waals surface area contributed by atoms with Crippen molar-refractivity contribution < 1.29 is 4.55 Å². The molecule has 1 atom stereocenters. The quantitative estimate of drug-likeness (QED) is 0.456. The average Bonchev–Trinajstić information content (AvgIpc) is 2.17. The van der Waals surface area contributed by atoms with E-state index in [-0.39, 0.29) is 4.75 Å². The van der Waals surface area contributed by atoms with Crippen molar-refractivity contribution in [3.63, 3.8) is 0 Å². The molecule has 0 amide bonds. The van der Waals surface area contributed by atoms with Crippen LogP contribution in [0.1, 0.15) is 26.5 Å². The maximum atomic E-state index is 11.7. The monoisotopic (exact) mass is 366 g/mol. The van der Waals surface area contributed by atoms with E-state index in [4.69, 9.17) is 0 Å². The highest BCUT2D eigenvalue weighted by Crippen LogP contribution is 2.19. The van der Waals surface area contributed by atoms with Crippen LogP contribution in [0.3, 0.4) is 0 Å². The van der Waals surface area contributed by atoms with Crippen molar-refractivity contribution >= 4 is 49.4 Å². The Hall–Kier alpha value is 0.0900. The van der Waals surface area contributed by atoms with Gasteiger partial charge < -0.3 is 4.55 Å². The second-order valence-corrected chi connectivity index (χ2v) is 7.70. The van der Waals surface area contributed by atoms with Crippen molar-refractivity contribution in [2.24, 2.45) is 4.40 Å². The van der Waals surface area contributed by atoms with Crippen LogP contribution >= 0.6 is 31.9 Å². The van der Waals surface area contributed by atoms with Crippen LogP contribution in [0.4, 0.5) is 0 Å². The van der Waals surface area contributed by atoms with Crippen LogP contribution < -0.4 is 0 Å². The third kappa shape index (κ3) is 4.16. The maximum Gasteiger partial charge on any atom is 0.144 e. The smallest absolute Gasteiger partial charge is 0.144 e. The number of nitrogens with zero attached hydrogens (tertiary/aromatic N) is 2. The van der Waals surface area contributed by atoms with E-state index in [0.717, 1.165) is 9.08 Å². The molecule has 0 aliphatic heterocycles. The van der Waals surface area contributed by atoms with Crippen LogP contribution in [-0.2, 0) is 11.4 Å². The van der Waals surface area contributed by atoms with Gasteiger partial charge in [-0.2, -0.15) is 0 Å². The SMILES string of the molecule is CC(C)(C)[S+]([O-])N=Cc1nc(Br)ccc1Br. The molecule has 0 radical (unpaired) electrons. The van der Waals surface area contributed by atoms with Crippen molar-refractivity contribution in [2.75, 3.05) is 0 Å². The predicted molar refractivity (Wildman–Crippen MR) is 75.1 cm³/mol. The number of hydrogen-bond donors (Lipinski definition) is 0. The largest absolute Gasteiger partial charge is 0.591 e. The molecular formula is C10H12Br2N2OS. The van der Waals surface area contributed by atoms with Gasteiger partial charge in [0.25, 0.3) is 0 Å². The van der Waals surface area contributed by atoms with E-state index < -0.39 is 11.4 Å². The number of aromatic nitrogens is 1. The van der Waals surface area contributed by atoms with Gasteiger partial charge in [0.2, 0.25) is 0 Å². The predicted octanol–water partition coefficient (Wildman–Crippen LogP) is 3.49. The van der Waals surface area contributed by atoms with E-state index in [1.54, 1.807) is 0 Å². The molecule has 0 aromatic carbocycles. The molecule has 0 N–H and O–H groups in total. The first-order chi connectivity index (χ1) is 7.30. The molecule has 1 heterocycles. The number of pyridine rings is 1. The lowest BCUT2D eigenvalue weighted by molar-refractivity contribution is 0.562. The molecule has 0 saturated carbocycles. The fourth-order valence-electron chi connectivity index (χ4n) is 0.779. The van der Waals surface area contributed by atoms with Gasteiger partial charge in [0.1, 0.15) is 32.6 Å². The maximum absolute atomic E-state index is 11.7. The van der Waals surface area contributed by atoms with E-state index >= 15 is 0 Å². The summed E-state index contributed by atoms with van der Waals surface area (Å²) in [5, 5.41) is 0. The van der Waals surface area contributed by atoms with E-state index in [1.807, 2.05) is 32.9 Å². The van der Waals surface area contributed by atoms with Gasteiger partial charge in [-0.05, 0) is 64.8 Å². The summed E-state index contributed by atoms with van der Waals surface area (Å²) in [6.45, 7) is 5.64. The molecule has 1 aromatic heterocycles. The summed E-state index contributed by atoms with van der Waals surface area (Å²) in [6.07, 6.45) is 1.52. The summed E-state index contributed by atoms with van der Waals surface area (Å²) in [4.78, 5) is 4.21. The third-order valence-electron chi connectivity index (χ3n) is 1.63. The van der Waals surface area contributed by atoms with Crippen LogP contribution in [0.2, 0.25) is 0 Å². The summed E-state index contributed by atoms with van der Waals surface area (Å²) in [5.41, 5.74) is 0.659. The number of hydrogen-bond acceptors (Lipinski definition) is 3. The van der Waals surface area contributed by atoms with E-state index in [1.165, 1.54) is 6.21 Å². The van der Waals surface area contributed by atoms with Crippen LogP contribution in [0.15, 0.2) is 25.6 Å². The zero-order chi connectivity index (χ0) is 12.3. The van der Waals surface area contributed by atoms with Gasteiger partial charge in [-0.1, -0.05) is 4.40 Å². The third-order valence-corrected chi connectivity index (χ3v) is 4.09. The summed E-state index contributed by atoms with van der Waals surface area (Å²) in [6, 6.07) is 3.68. The average molecular weight is 368 g/mol. The molecule has 1 unspecified atom stereocenters. The zero-order valence-corrected chi connectivity index (χ0v) is 13.2. The first-order valence-electron chi connectivity index (χ1n) is 4.59. The van der Waals surface area contributed by atoms with Gasteiger partial charge in [-0.15, -0.1) is 0 Å². The van der Waals surface area contributed by atoms with E-state index in [0.29, 0.717) is 5.69 Å². The van der Waals surface area contributed by atoms with Crippen molar-refractivity contribution in [1.82, 2.24) is 4.98 Å². The van der Waals surface area contributed by atoms with Gasteiger partial charge in [0, 0.05) is 4.47 Å². The minimum absolute atomic E-state index is 0.352. The lowest BCUT2D eigenvalue weighted by Crippen LogP contribution is -2.25. The molecule has 0 saturated heterocycles. The Morgan fingerprint density at radius 3 is 2.56 bits per heavy atom. The molecule has 0 spiro atoms. The second-order valence-electron chi connectivity index (χ2n) is 4.10. The van der Waals surface area contributed by atoms with Crippen LogP contribution in [0.5, 0.6) is 0 Å². The standard InChI is InChI=1S/C10H12Br2N2OS/c1-10(2,3)16(15)13-6-8-7(11)4-5-9(12)14-8/h4-6H,1-3H3. The number of halogens is 2.